The van der Waals surface area contributed by atoms with Gasteiger partial charge in [-0.15, -0.1) is 22.7 Å². The molecule has 8 heteroatoms. The lowest BCUT2D eigenvalue weighted by molar-refractivity contribution is -0.165. The summed E-state index contributed by atoms with van der Waals surface area (Å²) in [6, 6.07) is 4.22. The topological polar surface area (TPSA) is 55.4 Å². The Morgan fingerprint density at radius 3 is 1.62 bits per heavy atom. The Hall–Kier alpha value is -1.42. The van der Waals surface area contributed by atoms with Crippen LogP contribution in [0.15, 0.2) is 22.9 Å². The molecule has 2 atom stereocenters. The summed E-state index contributed by atoms with van der Waals surface area (Å²) in [6.07, 6.45) is 6.32. The summed E-state index contributed by atoms with van der Waals surface area (Å²) in [5, 5.41) is 6.36. The van der Waals surface area contributed by atoms with Crippen molar-refractivity contribution in [1.82, 2.24) is 0 Å². The van der Waals surface area contributed by atoms with E-state index in [4.69, 9.17) is 28.4 Å². The van der Waals surface area contributed by atoms with E-state index in [-0.39, 0.29) is 12.6 Å². The van der Waals surface area contributed by atoms with Gasteiger partial charge in [-0.05, 0) is 61.4 Å². The van der Waals surface area contributed by atoms with Crippen LogP contribution in [0.4, 0.5) is 0 Å². The lowest BCUT2D eigenvalue weighted by Gasteiger charge is -2.23. The average molecular weight is 479 g/mol. The second-order valence-electron chi connectivity index (χ2n) is 8.02. The maximum Gasteiger partial charge on any atom is 0.157 e. The Balaban J connectivity index is 1.23. The Morgan fingerprint density at radius 1 is 0.688 bits per heavy atom. The molecule has 174 valence electrons. The lowest BCUT2D eigenvalue weighted by Crippen LogP contribution is -2.24. The molecule has 0 radical (unpaired) electrons. The van der Waals surface area contributed by atoms with Crippen LogP contribution in [0.5, 0.6) is 11.5 Å². The summed E-state index contributed by atoms with van der Waals surface area (Å²) in [6.45, 7) is 3.60. The molecule has 0 aliphatic carbocycles. The van der Waals surface area contributed by atoms with Crippen LogP contribution < -0.4 is 9.47 Å². The fourth-order valence-electron chi connectivity index (χ4n) is 4.19. The third kappa shape index (κ3) is 5.21. The molecule has 2 fully saturated rings. The highest BCUT2D eigenvalue weighted by molar-refractivity contribution is 7.19. The van der Waals surface area contributed by atoms with Crippen molar-refractivity contribution in [1.29, 1.82) is 0 Å². The van der Waals surface area contributed by atoms with Gasteiger partial charge >= 0.3 is 0 Å². The van der Waals surface area contributed by atoms with Crippen LogP contribution in [0.2, 0.25) is 0 Å². The van der Waals surface area contributed by atoms with Crippen LogP contribution in [-0.2, 0) is 18.9 Å². The molecule has 0 saturated carbocycles. The zero-order chi connectivity index (χ0) is 21.6. The number of hydrogen-bond donors (Lipinski definition) is 0. The van der Waals surface area contributed by atoms with Gasteiger partial charge in [-0.3, -0.25) is 0 Å². The molecule has 32 heavy (non-hydrogen) atoms. The van der Waals surface area contributed by atoms with Crippen LogP contribution in [0.25, 0.3) is 20.2 Å². The molecule has 2 aliphatic heterocycles. The van der Waals surface area contributed by atoms with E-state index in [1.807, 2.05) is 0 Å². The van der Waals surface area contributed by atoms with Gasteiger partial charge in [-0.2, -0.15) is 0 Å². The molecular formula is C24H30O6S2. The summed E-state index contributed by atoms with van der Waals surface area (Å²) in [5.74, 6) is 1.83. The highest BCUT2D eigenvalue weighted by Crippen LogP contribution is 2.47. The Bertz CT molecular complexity index is 860. The van der Waals surface area contributed by atoms with Crippen molar-refractivity contribution in [2.24, 2.45) is 0 Å². The highest BCUT2D eigenvalue weighted by Gasteiger charge is 2.20. The maximum atomic E-state index is 6.24. The maximum absolute atomic E-state index is 6.24. The van der Waals surface area contributed by atoms with Gasteiger partial charge in [0.15, 0.2) is 12.6 Å². The standard InChI is InChI=1S/C24H30O6S2/c1-3-9-25-19(5-1)27-11-13-29-21-17-7-15-32-24(17)22(18-8-16-31-23(18)21)30-14-12-28-20-6-2-4-10-26-20/h7-8,15-16,19-20H,1-6,9-14H2. The molecule has 5 rings (SSSR count). The van der Waals surface area contributed by atoms with Crippen molar-refractivity contribution in [3.63, 3.8) is 0 Å². The number of ether oxygens (including phenoxy) is 6. The number of fused-ring (bicyclic) bond motifs is 2. The van der Waals surface area contributed by atoms with Crippen molar-refractivity contribution in [3.8, 4) is 11.5 Å². The molecule has 3 aromatic rings. The number of thiophene rings is 2. The quantitative estimate of drug-likeness (QED) is 0.335. The molecule has 4 heterocycles. The molecule has 0 amide bonds. The smallest absolute Gasteiger partial charge is 0.157 e. The summed E-state index contributed by atoms with van der Waals surface area (Å²) in [5.41, 5.74) is 0. The molecule has 2 saturated heterocycles. The molecule has 1 aromatic carbocycles. The fraction of sp³-hybridized carbons (Fsp3) is 0.583. The minimum atomic E-state index is -0.0905. The summed E-state index contributed by atoms with van der Waals surface area (Å²) >= 11 is 3.35. The Kier molecular flexibility index (Phi) is 7.79. The SMILES string of the molecule is c1cc2c(OCCOC3CCCCO3)c3sccc3c(OCCOC3CCCCO3)c2s1. The molecule has 6 nitrogen and oxygen atoms in total. The third-order valence-corrected chi connectivity index (χ3v) is 7.60. The zero-order valence-electron chi connectivity index (χ0n) is 18.2. The van der Waals surface area contributed by atoms with Gasteiger partial charge in [0.25, 0.3) is 0 Å². The third-order valence-electron chi connectivity index (χ3n) is 5.77. The van der Waals surface area contributed by atoms with E-state index in [1.165, 1.54) is 0 Å². The van der Waals surface area contributed by atoms with Gasteiger partial charge in [-0.25, -0.2) is 0 Å². The predicted octanol–water partition coefficient (Wildman–Crippen LogP) is 5.96. The normalized spacial score (nSPS) is 21.9. The zero-order valence-corrected chi connectivity index (χ0v) is 19.8. The van der Waals surface area contributed by atoms with Gasteiger partial charge in [-0.1, -0.05) is 0 Å². The second-order valence-corrected chi connectivity index (χ2v) is 9.85. The molecular weight excluding hydrogens is 448 g/mol. The van der Waals surface area contributed by atoms with Gasteiger partial charge in [0.2, 0.25) is 0 Å². The van der Waals surface area contributed by atoms with Gasteiger partial charge in [0.05, 0.1) is 22.6 Å². The first kappa shape index (κ1) is 22.4. The van der Waals surface area contributed by atoms with Gasteiger partial charge < -0.3 is 28.4 Å². The van der Waals surface area contributed by atoms with E-state index in [0.29, 0.717) is 26.4 Å². The van der Waals surface area contributed by atoms with Gasteiger partial charge in [0, 0.05) is 24.0 Å². The van der Waals surface area contributed by atoms with Gasteiger partial charge in [0.1, 0.15) is 24.7 Å². The van der Waals surface area contributed by atoms with Crippen LogP contribution >= 0.6 is 22.7 Å². The van der Waals surface area contributed by atoms with Crippen molar-refractivity contribution in [2.75, 3.05) is 39.6 Å². The van der Waals surface area contributed by atoms with Crippen molar-refractivity contribution < 1.29 is 28.4 Å². The molecule has 0 spiro atoms. The van der Waals surface area contributed by atoms with Crippen LogP contribution in [0, 0.1) is 0 Å². The minimum absolute atomic E-state index is 0.0905. The first-order chi connectivity index (χ1) is 15.9. The Labute approximate surface area is 196 Å². The van der Waals surface area contributed by atoms with Crippen LogP contribution in [-0.4, -0.2) is 52.2 Å². The van der Waals surface area contributed by atoms with Crippen LogP contribution in [0.3, 0.4) is 0 Å². The number of benzene rings is 1. The average Bonchev–Trinajstić information content (AvgIpc) is 3.52. The predicted molar refractivity (Wildman–Crippen MR) is 127 cm³/mol. The Morgan fingerprint density at radius 2 is 1.19 bits per heavy atom. The van der Waals surface area contributed by atoms with E-state index < -0.39 is 0 Å². The highest BCUT2D eigenvalue weighted by atomic mass is 32.1. The fourth-order valence-corrected chi connectivity index (χ4v) is 6.00. The van der Waals surface area contributed by atoms with E-state index in [1.54, 1.807) is 22.7 Å². The summed E-state index contributed by atoms with van der Waals surface area (Å²) in [7, 11) is 0. The molecule has 0 N–H and O–H groups in total. The number of rotatable bonds is 10. The first-order valence-corrected chi connectivity index (χ1v) is 13.3. The molecule has 2 aliphatic rings. The monoisotopic (exact) mass is 478 g/mol. The first-order valence-electron chi connectivity index (χ1n) is 11.5. The van der Waals surface area contributed by atoms with E-state index in [2.05, 4.69) is 22.9 Å². The molecule has 2 aromatic heterocycles. The summed E-state index contributed by atoms with van der Waals surface area (Å²) < 4.78 is 37.7. The van der Waals surface area contributed by atoms with E-state index in [0.717, 1.165) is 83.4 Å². The van der Waals surface area contributed by atoms with Crippen LogP contribution in [0.1, 0.15) is 38.5 Å². The van der Waals surface area contributed by atoms with E-state index in [9.17, 15) is 0 Å². The van der Waals surface area contributed by atoms with E-state index >= 15 is 0 Å². The minimum Gasteiger partial charge on any atom is -0.489 e. The van der Waals surface area contributed by atoms with Crippen molar-refractivity contribution in [3.05, 3.63) is 22.9 Å². The molecule has 2 unspecified atom stereocenters. The molecule has 0 bridgehead atoms. The summed E-state index contributed by atoms with van der Waals surface area (Å²) in [4.78, 5) is 0. The van der Waals surface area contributed by atoms with Crippen molar-refractivity contribution >= 4 is 42.8 Å². The second kappa shape index (κ2) is 11.1. The number of hydrogen-bond acceptors (Lipinski definition) is 8. The lowest BCUT2D eigenvalue weighted by atomic mass is 10.1. The van der Waals surface area contributed by atoms with Crippen molar-refractivity contribution in [2.45, 2.75) is 51.1 Å². The largest absolute Gasteiger partial charge is 0.489 e.